The monoisotopic (exact) mass is 295 g/mol. The SMILES string of the molecule is Cc1c(Br)cccc1C(=O)Cc1cncs1. The molecule has 0 fully saturated rings. The zero-order chi connectivity index (χ0) is 11.5. The minimum Gasteiger partial charge on any atom is -0.294 e. The van der Waals surface area contributed by atoms with Crippen LogP contribution in [0.25, 0.3) is 0 Å². The second-order valence-electron chi connectivity index (χ2n) is 3.48. The predicted octanol–water partition coefficient (Wildman–Crippen LogP) is 3.64. The average Bonchev–Trinajstić information content (AvgIpc) is 2.74. The highest BCUT2D eigenvalue weighted by molar-refractivity contribution is 9.10. The molecule has 0 bridgehead atoms. The van der Waals surface area contributed by atoms with Crippen LogP contribution in [0.3, 0.4) is 0 Å². The molecule has 4 heteroatoms. The van der Waals surface area contributed by atoms with Crippen molar-refractivity contribution in [1.82, 2.24) is 4.98 Å². The van der Waals surface area contributed by atoms with Crippen LogP contribution in [0.15, 0.2) is 34.4 Å². The Kier molecular flexibility index (Phi) is 3.51. The molecule has 0 N–H and O–H groups in total. The van der Waals surface area contributed by atoms with Crippen LogP contribution in [0, 0.1) is 6.92 Å². The van der Waals surface area contributed by atoms with Crippen molar-refractivity contribution in [2.24, 2.45) is 0 Å². The highest BCUT2D eigenvalue weighted by atomic mass is 79.9. The molecule has 1 heterocycles. The largest absolute Gasteiger partial charge is 0.294 e. The normalized spacial score (nSPS) is 10.4. The molecule has 16 heavy (non-hydrogen) atoms. The van der Waals surface area contributed by atoms with E-state index >= 15 is 0 Å². The Balaban J connectivity index is 2.24. The van der Waals surface area contributed by atoms with Gasteiger partial charge < -0.3 is 0 Å². The van der Waals surface area contributed by atoms with Crippen LogP contribution in [-0.2, 0) is 6.42 Å². The van der Waals surface area contributed by atoms with Gasteiger partial charge in [-0.25, -0.2) is 0 Å². The first-order valence-electron chi connectivity index (χ1n) is 4.84. The lowest BCUT2D eigenvalue weighted by Gasteiger charge is -2.05. The van der Waals surface area contributed by atoms with Crippen LogP contribution in [-0.4, -0.2) is 10.8 Å². The van der Waals surface area contributed by atoms with Crippen molar-refractivity contribution in [1.29, 1.82) is 0 Å². The van der Waals surface area contributed by atoms with Crippen LogP contribution in [0.2, 0.25) is 0 Å². The summed E-state index contributed by atoms with van der Waals surface area (Å²) in [6.07, 6.45) is 2.18. The Morgan fingerprint density at radius 3 is 3.00 bits per heavy atom. The number of nitrogens with zero attached hydrogens (tertiary/aromatic N) is 1. The van der Waals surface area contributed by atoms with E-state index in [-0.39, 0.29) is 5.78 Å². The van der Waals surface area contributed by atoms with Gasteiger partial charge in [0.05, 0.1) is 5.51 Å². The van der Waals surface area contributed by atoms with E-state index in [1.54, 1.807) is 11.7 Å². The summed E-state index contributed by atoms with van der Waals surface area (Å²) in [7, 11) is 0. The lowest BCUT2D eigenvalue weighted by molar-refractivity contribution is 0.0993. The Hall–Kier alpha value is -1.00. The van der Waals surface area contributed by atoms with Crippen molar-refractivity contribution < 1.29 is 4.79 Å². The lowest BCUT2D eigenvalue weighted by Crippen LogP contribution is -2.04. The summed E-state index contributed by atoms with van der Waals surface area (Å²) in [6, 6.07) is 5.69. The van der Waals surface area contributed by atoms with Crippen LogP contribution < -0.4 is 0 Å². The number of rotatable bonds is 3. The molecule has 0 radical (unpaired) electrons. The summed E-state index contributed by atoms with van der Waals surface area (Å²) >= 11 is 4.94. The Morgan fingerprint density at radius 1 is 1.50 bits per heavy atom. The molecular formula is C12H10BrNOS. The fraction of sp³-hybridized carbons (Fsp3) is 0.167. The third-order valence-electron chi connectivity index (χ3n) is 2.39. The van der Waals surface area contributed by atoms with Crippen molar-refractivity contribution in [3.63, 3.8) is 0 Å². The third kappa shape index (κ3) is 2.39. The predicted molar refractivity (Wildman–Crippen MR) is 69.0 cm³/mol. The molecule has 0 unspecified atom stereocenters. The number of hydrogen-bond donors (Lipinski definition) is 0. The number of thiazole rings is 1. The third-order valence-corrected chi connectivity index (χ3v) is 4.03. The van der Waals surface area contributed by atoms with Gasteiger partial charge in [-0.2, -0.15) is 0 Å². The zero-order valence-corrected chi connectivity index (χ0v) is 11.1. The smallest absolute Gasteiger partial charge is 0.168 e. The van der Waals surface area contributed by atoms with E-state index in [0.29, 0.717) is 6.42 Å². The molecule has 0 aliphatic rings. The summed E-state index contributed by atoms with van der Waals surface area (Å²) < 4.78 is 0.975. The van der Waals surface area contributed by atoms with Gasteiger partial charge in [0.25, 0.3) is 0 Å². The number of carbonyl (C=O) groups is 1. The number of carbonyl (C=O) groups excluding carboxylic acids is 1. The Labute approximate surface area is 106 Å². The summed E-state index contributed by atoms with van der Waals surface area (Å²) in [5.74, 6) is 0.142. The van der Waals surface area contributed by atoms with Gasteiger partial charge in [-0.05, 0) is 18.6 Å². The van der Waals surface area contributed by atoms with E-state index in [9.17, 15) is 4.79 Å². The quantitative estimate of drug-likeness (QED) is 0.809. The molecule has 2 aromatic rings. The number of halogens is 1. The molecule has 0 saturated heterocycles. The van der Waals surface area contributed by atoms with Crippen molar-refractivity contribution in [2.75, 3.05) is 0 Å². The van der Waals surface area contributed by atoms with Crippen LogP contribution in [0.5, 0.6) is 0 Å². The van der Waals surface area contributed by atoms with E-state index < -0.39 is 0 Å². The van der Waals surface area contributed by atoms with Crippen molar-refractivity contribution in [3.05, 3.63) is 50.4 Å². The van der Waals surface area contributed by atoms with Gasteiger partial charge in [0.1, 0.15) is 0 Å². The fourth-order valence-corrected chi connectivity index (χ4v) is 2.45. The summed E-state index contributed by atoms with van der Waals surface area (Å²) in [5, 5.41) is 0. The Morgan fingerprint density at radius 2 is 2.31 bits per heavy atom. The second kappa shape index (κ2) is 4.89. The molecule has 1 aromatic heterocycles. The van der Waals surface area contributed by atoms with Crippen molar-refractivity contribution >= 4 is 33.0 Å². The van der Waals surface area contributed by atoms with Gasteiger partial charge in [0.2, 0.25) is 0 Å². The van der Waals surface area contributed by atoms with Gasteiger partial charge in [-0.3, -0.25) is 9.78 Å². The maximum atomic E-state index is 12.0. The minimum absolute atomic E-state index is 0.142. The second-order valence-corrected chi connectivity index (χ2v) is 5.31. The standard InChI is InChI=1S/C12H10BrNOS/c1-8-10(3-2-4-11(8)13)12(15)5-9-6-14-7-16-9/h2-4,6-7H,5H2,1H3. The number of Topliss-reactive ketones (excluding diaryl/α,β-unsaturated/α-hetero) is 1. The maximum absolute atomic E-state index is 12.0. The minimum atomic E-state index is 0.142. The van der Waals surface area contributed by atoms with Gasteiger partial charge in [-0.1, -0.05) is 28.1 Å². The summed E-state index contributed by atoms with van der Waals surface area (Å²) in [4.78, 5) is 17.0. The fourth-order valence-electron chi connectivity index (χ4n) is 1.49. The van der Waals surface area contributed by atoms with Crippen LogP contribution in [0.1, 0.15) is 20.8 Å². The van der Waals surface area contributed by atoms with E-state index in [4.69, 9.17) is 0 Å². The lowest BCUT2D eigenvalue weighted by atomic mass is 10.0. The maximum Gasteiger partial charge on any atom is 0.168 e. The number of benzene rings is 1. The molecule has 82 valence electrons. The molecule has 0 atom stereocenters. The topological polar surface area (TPSA) is 30.0 Å². The molecule has 0 saturated carbocycles. The molecule has 0 aliphatic heterocycles. The molecule has 1 aromatic carbocycles. The molecule has 2 nitrogen and oxygen atoms in total. The average molecular weight is 296 g/mol. The van der Waals surface area contributed by atoms with Crippen LogP contribution in [0.4, 0.5) is 0 Å². The molecule has 0 spiro atoms. The molecule has 2 rings (SSSR count). The summed E-state index contributed by atoms with van der Waals surface area (Å²) in [6.45, 7) is 1.95. The van der Waals surface area contributed by atoms with Gasteiger partial charge >= 0.3 is 0 Å². The van der Waals surface area contributed by atoms with E-state index in [0.717, 1.165) is 20.5 Å². The Bertz CT molecular complexity index is 508. The first-order chi connectivity index (χ1) is 7.68. The number of hydrogen-bond acceptors (Lipinski definition) is 3. The van der Waals surface area contributed by atoms with E-state index in [1.807, 2.05) is 25.1 Å². The van der Waals surface area contributed by atoms with Crippen LogP contribution >= 0.6 is 27.3 Å². The number of aromatic nitrogens is 1. The molecule has 0 amide bonds. The highest BCUT2D eigenvalue weighted by Crippen LogP contribution is 2.21. The zero-order valence-electron chi connectivity index (χ0n) is 8.74. The first-order valence-corrected chi connectivity index (χ1v) is 6.51. The highest BCUT2D eigenvalue weighted by Gasteiger charge is 2.11. The number of ketones is 1. The van der Waals surface area contributed by atoms with E-state index in [1.165, 1.54) is 11.3 Å². The van der Waals surface area contributed by atoms with Gasteiger partial charge in [0, 0.05) is 27.5 Å². The first kappa shape index (κ1) is 11.5. The van der Waals surface area contributed by atoms with E-state index in [2.05, 4.69) is 20.9 Å². The molecule has 0 aliphatic carbocycles. The van der Waals surface area contributed by atoms with Crippen molar-refractivity contribution in [2.45, 2.75) is 13.3 Å². The van der Waals surface area contributed by atoms with Gasteiger partial charge in [0.15, 0.2) is 5.78 Å². The molecular weight excluding hydrogens is 286 g/mol. The van der Waals surface area contributed by atoms with Crippen molar-refractivity contribution in [3.8, 4) is 0 Å². The van der Waals surface area contributed by atoms with Gasteiger partial charge in [-0.15, -0.1) is 11.3 Å². The summed E-state index contributed by atoms with van der Waals surface area (Å²) in [5.41, 5.74) is 3.52.